The normalized spacial score (nSPS) is 10.4. The van der Waals surface area contributed by atoms with E-state index in [9.17, 15) is 13.6 Å². The SMILES string of the molecule is O=C(Nc1c(F)cccc1F)c1cncc(NCc2ccccc2Cl)c1. The van der Waals surface area contributed by atoms with Crippen LogP contribution in [0.25, 0.3) is 0 Å². The van der Waals surface area contributed by atoms with Crippen molar-refractivity contribution in [3.05, 3.63) is 88.7 Å². The quantitative estimate of drug-likeness (QED) is 0.670. The van der Waals surface area contributed by atoms with E-state index in [-0.39, 0.29) is 5.56 Å². The monoisotopic (exact) mass is 373 g/mol. The van der Waals surface area contributed by atoms with Crippen molar-refractivity contribution < 1.29 is 13.6 Å². The highest BCUT2D eigenvalue weighted by molar-refractivity contribution is 6.31. The minimum absolute atomic E-state index is 0.164. The van der Waals surface area contributed by atoms with Gasteiger partial charge in [0.1, 0.15) is 17.3 Å². The molecule has 7 heteroatoms. The molecule has 0 fully saturated rings. The number of benzene rings is 2. The number of hydrogen-bond acceptors (Lipinski definition) is 3. The Bertz CT molecular complexity index is 929. The number of rotatable bonds is 5. The van der Waals surface area contributed by atoms with E-state index in [2.05, 4.69) is 15.6 Å². The molecule has 2 aromatic carbocycles. The summed E-state index contributed by atoms with van der Waals surface area (Å²) in [6, 6.07) is 12.3. The molecule has 0 spiro atoms. The van der Waals surface area contributed by atoms with Gasteiger partial charge in [-0.25, -0.2) is 8.78 Å². The number of hydrogen-bond donors (Lipinski definition) is 2. The van der Waals surface area contributed by atoms with Gasteiger partial charge in [-0.1, -0.05) is 35.9 Å². The van der Waals surface area contributed by atoms with Gasteiger partial charge in [0.15, 0.2) is 0 Å². The van der Waals surface area contributed by atoms with Crippen molar-refractivity contribution in [3.8, 4) is 0 Å². The highest BCUT2D eigenvalue weighted by Gasteiger charge is 2.14. The van der Waals surface area contributed by atoms with E-state index in [0.29, 0.717) is 17.3 Å². The summed E-state index contributed by atoms with van der Waals surface area (Å²) in [5.74, 6) is -2.36. The Hall–Kier alpha value is -2.99. The molecule has 3 aromatic rings. The van der Waals surface area contributed by atoms with Crippen molar-refractivity contribution in [1.82, 2.24) is 4.98 Å². The number of halogens is 3. The molecule has 3 rings (SSSR count). The lowest BCUT2D eigenvalue weighted by Gasteiger charge is -2.10. The fraction of sp³-hybridized carbons (Fsp3) is 0.0526. The zero-order chi connectivity index (χ0) is 18.5. The second-order valence-electron chi connectivity index (χ2n) is 5.46. The third-order valence-electron chi connectivity index (χ3n) is 3.64. The maximum absolute atomic E-state index is 13.7. The molecule has 0 aliphatic heterocycles. The Balaban J connectivity index is 1.72. The average Bonchev–Trinajstić information content (AvgIpc) is 2.64. The van der Waals surface area contributed by atoms with E-state index < -0.39 is 23.2 Å². The number of carbonyl (C=O) groups is 1. The highest BCUT2D eigenvalue weighted by Crippen LogP contribution is 2.20. The van der Waals surface area contributed by atoms with Gasteiger partial charge in [-0.15, -0.1) is 0 Å². The first-order valence-corrected chi connectivity index (χ1v) is 8.10. The number of nitrogens with zero attached hydrogens (tertiary/aromatic N) is 1. The van der Waals surface area contributed by atoms with Crippen LogP contribution in [0.3, 0.4) is 0 Å². The standard InChI is InChI=1S/C19H14ClF2N3O/c20-15-5-2-1-4-12(15)10-24-14-8-13(9-23-11-14)19(26)25-18-16(21)6-3-7-17(18)22/h1-9,11,24H,10H2,(H,25,26). The van der Waals surface area contributed by atoms with Crippen LogP contribution in [-0.4, -0.2) is 10.9 Å². The number of para-hydroxylation sites is 1. The molecule has 1 heterocycles. The van der Waals surface area contributed by atoms with Crippen molar-refractivity contribution >= 4 is 28.9 Å². The van der Waals surface area contributed by atoms with Crippen LogP contribution in [0.1, 0.15) is 15.9 Å². The molecule has 0 saturated carbocycles. The molecule has 1 aromatic heterocycles. The Morgan fingerprint density at radius 2 is 1.77 bits per heavy atom. The summed E-state index contributed by atoms with van der Waals surface area (Å²) >= 11 is 6.10. The Kier molecular flexibility index (Phi) is 5.43. The molecule has 132 valence electrons. The minimum atomic E-state index is -0.848. The van der Waals surface area contributed by atoms with Gasteiger partial charge in [0.2, 0.25) is 0 Å². The van der Waals surface area contributed by atoms with Crippen LogP contribution in [-0.2, 0) is 6.54 Å². The first kappa shape index (κ1) is 17.8. The zero-order valence-electron chi connectivity index (χ0n) is 13.5. The lowest BCUT2D eigenvalue weighted by Crippen LogP contribution is -2.15. The van der Waals surface area contributed by atoms with Crippen LogP contribution in [0.2, 0.25) is 5.02 Å². The zero-order valence-corrected chi connectivity index (χ0v) is 14.2. The van der Waals surface area contributed by atoms with Crippen molar-refractivity contribution in [2.75, 3.05) is 10.6 Å². The number of pyridine rings is 1. The molecule has 0 aliphatic carbocycles. The van der Waals surface area contributed by atoms with Crippen LogP contribution < -0.4 is 10.6 Å². The van der Waals surface area contributed by atoms with E-state index in [4.69, 9.17) is 11.6 Å². The molecule has 0 radical (unpaired) electrons. The van der Waals surface area contributed by atoms with Crippen LogP contribution in [0, 0.1) is 11.6 Å². The Morgan fingerprint density at radius 1 is 1.04 bits per heavy atom. The molecule has 2 N–H and O–H groups in total. The van der Waals surface area contributed by atoms with Gasteiger partial charge in [-0.05, 0) is 29.8 Å². The van der Waals surface area contributed by atoms with E-state index >= 15 is 0 Å². The maximum Gasteiger partial charge on any atom is 0.257 e. The second-order valence-corrected chi connectivity index (χ2v) is 5.87. The lowest BCUT2D eigenvalue weighted by molar-refractivity contribution is 0.102. The molecule has 26 heavy (non-hydrogen) atoms. The van der Waals surface area contributed by atoms with Gasteiger partial charge in [-0.3, -0.25) is 9.78 Å². The van der Waals surface area contributed by atoms with Crippen LogP contribution in [0.4, 0.5) is 20.2 Å². The van der Waals surface area contributed by atoms with E-state index in [1.165, 1.54) is 24.5 Å². The molecule has 0 saturated heterocycles. The lowest BCUT2D eigenvalue weighted by atomic mass is 10.2. The molecule has 4 nitrogen and oxygen atoms in total. The molecule has 0 unspecified atom stereocenters. The summed E-state index contributed by atoms with van der Waals surface area (Å²) < 4.78 is 27.3. The average molecular weight is 374 g/mol. The molecule has 0 atom stereocenters. The minimum Gasteiger partial charge on any atom is -0.380 e. The second kappa shape index (κ2) is 7.93. The smallest absolute Gasteiger partial charge is 0.257 e. The molecule has 1 amide bonds. The van der Waals surface area contributed by atoms with E-state index in [1.807, 2.05) is 18.2 Å². The number of aromatic nitrogens is 1. The largest absolute Gasteiger partial charge is 0.380 e. The summed E-state index contributed by atoms with van der Waals surface area (Å²) in [6.07, 6.45) is 2.85. The predicted molar refractivity (Wildman–Crippen MR) is 97.3 cm³/mol. The fourth-order valence-electron chi connectivity index (χ4n) is 2.30. The first-order chi connectivity index (χ1) is 12.5. The highest BCUT2D eigenvalue weighted by atomic mass is 35.5. The van der Waals surface area contributed by atoms with Gasteiger partial charge < -0.3 is 10.6 Å². The van der Waals surface area contributed by atoms with Gasteiger partial charge >= 0.3 is 0 Å². The van der Waals surface area contributed by atoms with Gasteiger partial charge in [-0.2, -0.15) is 0 Å². The molecular weight excluding hydrogens is 360 g/mol. The first-order valence-electron chi connectivity index (χ1n) is 7.72. The summed E-state index contributed by atoms with van der Waals surface area (Å²) in [5.41, 5.74) is 1.13. The Labute approximate surface area is 153 Å². The van der Waals surface area contributed by atoms with Gasteiger partial charge in [0, 0.05) is 24.0 Å². The summed E-state index contributed by atoms with van der Waals surface area (Å²) in [5, 5.41) is 5.96. The summed E-state index contributed by atoms with van der Waals surface area (Å²) in [6.45, 7) is 0.439. The van der Waals surface area contributed by atoms with Crippen LogP contribution in [0.15, 0.2) is 60.9 Å². The van der Waals surface area contributed by atoms with Gasteiger partial charge in [0.05, 0.1) is 11.3 Å². The van der Waals surface area contributed by atoms with Crippen molar-refractivity contribution in [2.45, 2.75) is 6.54 Å². The van der Waals surface area contributed by atoms with Crippen molar-refractivity contribution in [1.29, 1.82) is 0 Å². The van der Waals surface area contributed by atoms with E-state index in [0.717, 1.165) is 17.7 Å². The third-order valence-corrected chi connectivity index (χ3v) is 4.01. The van der Waals surface area contributed by atoms with Crippen molar-refractivity contribution in [3.63, 3.8) is 0 Å². The molecule has 0 bridgehead atoms. The van der Waals surface area contributed by atoms with Crippen molar-refractivity contribution in [2.24, 2.45) is 0 Å². The van der Waals surface area contributed by atoms with Gasteiger partial charge in [0.25, 0.3) is 5.91 Å². The van der Waals surface area contributed by atoms with Crippen LogP contribution in [0.5, 0.6) is 0 Å². The summed E-state index contributed by atoms with van der Waals surface area (Å²) in [4.78, 5) is 16.2. The number of nitrogens with one attached hydrogen (secondary N) is 2. The third kappa shape index (κ3) is 4.15. The maximum atomic E-state index is 13.7. The summed E-state index contributed by atoms with van der Waals surface area (Å²) in [7, 11) is 0. The molecule has 0 aliphatic rings. The molecular formula is C19H14ClF2N3O. The topological polar surface area (TPSA) is 54.0 Å². The predicted octanol–water partition coefficient (Wildman–Crippen LogP) is 4.88. The number of amides is 1. The fourth-order valence-corrected chi connectivity index (χ4v) is 2.51. The van der Waals surface area contributed by atoms with E-state index in [1.54, 1.807) is 6.07 Å². The van der Waals surface area contributed by atoms with Crippen LogP contribution >= 0.6 is 11.6 Å². The number of carbonyl (C=O) groups excluding carboxylic acids is 1. The number of anilines is 2. The Morgan fingerprint density at radius 3 is 2.50 bits per heavy atom.